The summed E-state index contributed by atoms with van der Waals surface area (Å²) in [4.78, 5) is 24.9. The number of amides is 2. The standard InChI is InChI=1S/C21H28N4O4/c1-25(13-20(22)26)21(27)10-15-7-8-23-12-16(15)9-17-11-19(29-24-17)14-28-18-5-3-2-4-6-18/h2-6,11,15-16,23H,7-10,12-14H2,1H3,(H2,22,26)/t15-,16-/m0/s1. The van der Waals surface area contributed by atoms with Crippen LogP contribution in [0.15, 0.2) is 40.9 Å². The van der Waals surface area contributed by atoms with Gasteiger partial charge in [0.2, 0.25) is 11.8 Å². The first-order chi connectivity index (χ1) is 14.0. The SMILES string of the molecule is CN(CC(N)=O)C(=O)C[C@@H]1CCNC[C@@H]1Cc1cc(COc2ccccc2)on1. The molecule has 2 aromatic rings. The van der Waals surface area contributed by atoms with Gasteiger partial charge in [0.15, 0.2) is 5.76 Å². The molecule has 3 N–H and O–H groups in total. The van der Waals surface area contributed by atoms with Crippen LogP contribution in [0.3, 0.4) is 0 Å². The minimum Gasteiger partial charge on any atom is -0.486 e. The molecule has 2 atom stereocenters. The van der Waals surface area contributed by atoms with Gasteiger partial charge in [-0.15, -0.1) is 0 Å². The van der Waals surface area contributed by atoms with Gasteiger partial charge in [0.1, 0.15) is 12.4 Å². The second kappa shape index (κ2) is 10.1. The minimum atomic E-state index is -0.504. The maximum absolute atomic E-state index is 12.4. The van der Waals surface area contributed by atoms with Gasteiger partial charge in [-0.05, 0) is 49.9 Å². The molecule has 1 aliphatic heterocycles. The number of nitrogens with one attached hydrogen (secondary N) is 1. The summed E-state index contributed by atoms with van der Waals surface area (Å²) in [6.45, 7) is 1.96. The van der Waals surface area contributed by atoms with Crippen LogP contribution in [-0.4, -0.2) is 48.6 Å². The molecule has 0 saturated carbocycles. The molecule has 1 aromatic heterocycles. The predicted molar refractivity (Wildman–Crippen MR) is 107 cm³/mol. The number of likely N-dealkylation sites (N-methyl/N-ethyl adjacent to an activating group) is 1. The van der Waals surface area contributed by atoms with Gasteiger partial charge in [-0.2, -0.15) is 0 Å². The first kappa shape index (κ1) is 20.9. The van der Waals surface area contributed by atoms with Crippen molar-refractivity contribution < 1.29 is 18.8 Å². The summed E-state index contributed by atoms with van der Waals surface area (Å²) in [6, 6.07) is 11.5. The largest absolute Gasteiger partial charge is 0.486 e. The Labute approximate surface area is 170 Å². The topological polar surface area (TPSA) is 111 Å². The number of carbonyl (C=O) groups excluding carboxylic acids is 2. The molecule has 0 aliphatic carbocycles. The number of primary amides is 1. The van der Waals surface area contributed by atoms with Gasteiger partial charge in [-0.25, -0.2) is 0 Å². The van der Waals surface area contributed by atoms with E-state index in [1.165, 1.54) is 4.90 Å². The van der Waals surface area contributed by atoms with Crippen molar-refractivity contribution in [2.45, 2.75) is 25.9 Å². The second-order valence-corrected chi connectivity index (χ2v) is 7.52. The van der Waals surface area contributed by atoms with Gasteiger partial charge < -0.3 is 25.2 Å². The highest BCUT2D eigenvalue weighted by Gasteiger charge is 2.29. The Bertz CT molecular complexity index is 808. The molecular formula is C21H28N4O4. The maximum Gasteiger partial charge on any atom is 0.237 e. The zero-order chi connectivity index (χ0) is 20.6. The minimum absolute atomic E-state index is 0.0530. The van der Waals surface area contributed by atoms with Crippen molar-refractivity contribution in [1.29, 1.82) is 0 Å². The molecule has 156 valence electrons. The van der Waals surface area contributed by atoms with Gasteiger partial charge in [0.25, 0.3) is 0 Å². The Balaban J connectivity index is 1.54. The molecule has 2 amide bonds. The fourth-order valence-corrected chi connectivity index (χ4v) is 3.65. The van der Waals surface area contributed by atoms with E-state index in [9.17, 15) is 9.59 Å². The van der Waals surface area contributed by atoms with Crippen LogP contribution in [0.4, 0.5) is 0 Å². The average Bonchev–Trinajstić information content (AvgIpc) is 3.15. The zero-order valence-corrected chi connectivity index (χ0v) is 16.7. The van der Waals surface area contributed by atoms with Gasteiger partial charge >= 0.3 is 0 Å². The Morgan fingerprint density at radius 2 is 2.10 bits per heavy atom. The second-order valence-electron chi connectivity index (χ2n) is 7.52. The number of nitrogens with two attached hydrogens (primary N) is 1. The highest BCUT2D eigenvalue weighted by molar-refractivity contribution is 5.83. The number of ether oxygens (including phenoxy) is 1. The summed E-state index contributed by atoms with van der Waals surface area (Å²) in [5.74, 6) is 1.37. The summed E-state index contributed by atoms with van der Waals surface area (Å²) in [5, 5.41) is 7.56. The number of rotatable bonds is 9. The van der Waals surface area contributed by atoms with E-state index >= 15 is 0 Å². The highest BCUT2D eigenvalue weighted by Crippen LogP contribution is 2.27. The monoisotopic (exact) mass is 400 g/mol. The van der Waals surface area contributed by atoms with Crippen LogP contribution in [0, 0.1) is 11.8 Å². The molecule has 0 bridgehead atoms. The summed E-state index contributed by atoms with van der Waals surface area (Å²) in [6.07, 6.45) is 2.03. The lowest BCUT2D eigenvalue weighted by atomic mass is 9.81. The lowest BCUT2D eigenvalue weighted by Crippen LogP contribution is -2.42. The van der Waals surface area contributed by atoms with Gasteiger partial charge in [0.05, 0.1) is 12.2 Å². The van der Waals surface area contributed by atoms with Crippen LogP contribution in [0.25, 0.3) is 0 Å². The number of piperidine rings is 1. The molecule has 0 radical (unpaired) electrons. The van der Waals surface area contributed by atoms with E-state index in [1.54, 1.807) is 7.05 Å². The molecule has 0 spiro atoms. The fraction of sp³-hybridized carbons (Fsp3) is 0.476. The van der Waals surface area contributed by atoms with Crippen molar-refractivity contribution in [2.75, 3.05) is 26.7 Å². The van der Waals surface area contributed by atoms with E-state index in [0.717, 1.165) is 37.4 Å². The van der Waals surface area contributed by atoms with Crippen LogP contribution in [0.5, 0.6) is 5.75 Å². The van der Waals surface area contributed by atoms with Gasteiger partial charge in [-0.1, -0.05) is 23.4 Å². The Morgan fingerprint density at radius 1 is 1.31 bits per heavy atom. The van der Waals surface area contributed by atoms with Crippen molar-refractivity contribution in [2.24, 2.45) is 17.6 Å². The van der Waals surface area contributed by atoms with Gasteiger partial charge in [-0.3, -0.25) is 9.59 Å². The van der Waals surface area contributed by atoms with Crippen LogP contribution in [0.2, 0.25) is 0 Å². The molecule has 1 fully saturated rings. The van der Waals surface area contributed by atoms with Crippen LogP contribution in [-0.2, 0) is 22.6 Å². The van der Waals surface area contributed by atoms with Crippen LogP contribution in [0.1, 0.15) is 24.3 Å². The Hall–Kier alpha value is -2.87. The number of nitrogens with zero attached hydrogens (tertiary/aromatic N) is 2. The smallest absolute Gasteiger partial charge is 0.237 e. The molecule has 2 heterocycles. The number of hydrogen-bond donors (Lipinski definition) is 2. The molecular weight excluding hydrogens is 372 g/mol. The quantitative estimate of drug-likeness (QED) is 0.657. The van der Waals surface area contributed by atoms with Crippen molar-refractivity contribution >= 4 is 11.8 Å². The Kier molecular flexibility index (Phi) is 7.24. The van der Waals surface area contributed by atoms with Crippen LogP contribution < -0.4 is 15.8 Å². The maximum atomic E-state index is 12.4. The van der Waals surface area contributed by atoms with Crippen molar-refractivity contribution in [3.8, 4) is 5.75 Å². The third-order valence-corrected chi connectivity index (χ3v) is 5.22. The van der Waals surface area contributed by atoms with E-state index < -0.39 is 5.91 Å². The molecule has 29 heavy (non-hydrogen) atoms. The Morgan fingerprint density at radius 3 is 2.86 bits per heavy atom. The van der Waals surface area contributed by atoms with Crippen LogP contribution >= 0.6 is 0 Å². The predicted octanol–water partition coefficient (Wildman–Crippen LogP) is 1.36. The molecule has 8 heteroatoms. The molecule has 1 aromatic carbocycles. The zero-order valence-electron chi connectivity index (χ0n) is 16.7. The van der Waals surface area contributed by atoms with E-state index in [0.29, 0.717) is 18.8 Å². The first-order valence-corrected chi connectivity index (χ1v) is 9.86. The van der Waals surface area contributed by atoms with E-state index in [2.05, 4.69) is 10.5 Å². The van der Waals surface area contributed by atoms with E-state index in [-0.39, 0.29) is 24.3 Å². The van der Waals surface area contributed by atoms with Crippen molar-refractivity contribution in [3.63, 3.8) is 0 Å². The summed E-state index contributed by atoms with van der Waals surface area (Å²) in [5.41, 5.74) is 6.04. The number of hydrogen-bond acceptors (Lipinski definition) is 6. The summed E-state index contributed by atoms with van der Waals surface area (Å²) >= 11 is 0. The third kappa shape index (κ3) is 6.32. The molecule has 1 aliphatic rings. The number of benzene rings is 1. The lowest BCUT2D eigenvalue weighted by Gasteiger charge is -2.32. The molecule has 0 unspecified atom stereocenters. The van der Waals surface area contributed by atoms with Crippen molar-refractivity contribution in [3.05, 3.63) is 47.9 Å². The fourth-order valence-electron chi connectivity index (χ4n) is 3.65. The number of para-hydroxylation sites is 1. The highest BCUT2D eigenvalue weighted by atomic mass is 16.5. The van der Waals surface area contributed by atoms with E-state index in [1.807, 2.05) is 36.4 Å². The lowest BCUT2D eigenvalue weighted by molar-refractivity contribution is -0.135. The number of carbonyl (C=O) groups is 2. The normalized spacial score (nSPS) is 18.9. The molecule has 3 rings (SSSR count). The van der Waals surface area contributed by atoms with Gasteiger partial charge in [0, 0.05) is 19.5 Å². The van der Waals surface area contributed by atoms with E-state index in [4.69, 9.17) is 15.0 Å². The third-order valence-electron chi connectivity index (χ3n) is 5.22. The molecule has 1 saturated heterocycles. The first-order valence-electron chi connectivity index (χ1n) is 9.86. The van der Waals surface area contributed by atoms with Crippen molar-refractivity contribution in [1.82, 2.24) is 15.4 Å². The summed E-state index contributed by atoms with van der Waals surface area (Å²) in [7, 11) is 1.61. The molecule has 8 nitrogen and oxygen atoms in total. The summed E-state index contributed by atoms with van der Waals surface area (Å²) < 4.78 is 11.1. The number of aromatic nitrogens is 1. The average molecular weight is 400 g/mol.